The van der Waals surface area contributed by atoms with E-state index in [0.717, 1.165) is 48.2 Å². The topological polar surface area (TPSA) is 162 Å². The third kappa shape index (κ3) is 11.1. The number of nitrogens with zero attached hydrogens (tertiary/aromatic N) is 2. The van der Waals surface area contributed by atoms with E-state index in [1.165, 1.54) is 4.90 Å². The second-order valence-electron chi connectivity index (χ2n) is 17.5. The largest absolute Gasteiger partial charge is 0.487 e. The number of thiophene rings is 1. The fourth-order valence-corrected chi connectivity index (χ4v) is 7.85. The quantitative estimate of drug-likeness (QED) is 0.161. The highest BCUT2D eigenvalue weighted by Gasteiger charge is 2.47. The molecule has 296 valence electrons. The maximum Gasteiger partial charge on any atom is 0.315 e. The molecule has 12 nitrogen and oxygen atoms in total. The Balaban J connectivity index is 1.45. The Kier molecular flexibility index (Phi) is 13.1. The molecule has 3 heterocycles. The number of carbonyl (C=O) groups is 4. The second-order valence-corrected chi connectivity index (χ2v) is 18.4. The highest BCUT2D eigenvalue weighted by Crippen LogP contribution is 2.35. The molecule has 2 aromatic heterocycles. The molecule has 54 heavy (non-hydrogen) atoms. The highest BCUT2D eigenvalue weighted by molar-refractivity contribution is 7.11. The van der Waals surface area contributed by atoms with Crippen molar-refractivity contribution in [3.63, 3.8) is 0 Å². The van der Waals surface area contributed by atoms with Gasteiger partial charge in [0.1, 0.15) is 23.9 Å². The molecule has 3 fully saturated rings. The Morgan fingerprint density at radius 3 is 2.33 bits per heavy atom. The van der Waals surface area contributed by atoms with Crippen molar-refractivity contribution < 1.29 is 29.0 Å². The minimum Gasteiger partial charge on any atom is -0.487 e. The number of amides is 5. The van der Waals surface area contributed by atoms with Gasteiger partial charge in [0, 0.05) is 35.8 Å². The number of ether oxygens (including phenoxy) is 1. The Bertz CT molecular complexity index is 1660. The zero-order chi connectivity index (χ0) is 39.4. The summed E-state index contributed by atoms with van der Waals surface area (Å²) in [6, 6.07) is 4.59. The molecule has 1 aliphatic heterocycles. The van der Waals surface area contributed by atoms with Crippen molar-refractivity contribution in [1.29, 1.82) is 0 Å². The number of aryl methyl sites for hydroxylation is 1. The first-order valence-electron chi connectivity index (χ1n) is 19.4. The molecule has 2 aromatic rings. The number of aromatic nitrogens is 1. The summed E-state index contributed by atoms with van der Waals surface area (Å²) in [6.07, 6.45) is 7.16. The van der Waals surface area contributed by atoms with Gasteiger partial charge in [0.05, 0.1) is 17.5 Å². The smallest absolute Gasteiger partial charge is 0.315 e. The lowest BCUT2D eigenvalue weighted by Gasteiger charge is -2.37. The number of allylic oxidation sites excluding steroid dienone is 1. The number of likely N-dealkylation sites (tertiary alicyclic amines) is 1. The van der Waals surface area contributed by atoms with Crippen LogP contribution >= 0.6 is 11.3 Å². The fourth-order valence-electron chi connectivity index (χ4n) is 6.96. The van der Waals surface area contributed by atoms with Crippen LogP contribution < -0.4 is 21.3 Å². The molecule has 2 aliphatic carbocycles. The van der Waals surface area contributed by atoms with Crippen LogP contribution in [0.4, 0.5) is 4.79 Å². The average Bonchev–Trinajstić information content (AvgIpc) is 3.62. The average molecular weight is 765 g/mol. The van der Waals surface area contributed by atoms with Crippen molar-refractivity contribution in [2.75, 3.05) is 6.54 Å². The van der Waals surface area contributed by atoms with E-state index in [4.69, 9.17) is 4.74 Å². The summed E-state index contributed by atoms with van der Waals surface area (Å²) in [4.78, 5) is 62.4. The van der Waals surface area contributed by atoms with Crippen molar-refractivity contribution in [3.05, 3.63) is 58.1 Å². The zero-order valence-electron chi connectivity index (χ0n) is 33.1. The maximum absolute atomic E-state index is 14.7. The number of hydrogen-bond donors (Lipinski definition) is 5. The Labute approximate surface area is 324 Å². The van der Waals surface area contributed by atoms with Gasteiger partial charge in [0.25, 0.3) is 5.91 Å². The fraction of sp³-hybridized carbons (Fsp3) is 0.634. The van der Waals surface area contributed by atoms with E-state index in [-0.39, 0.29) is 30.8 Å². The first kappa shape index (κ1) is 41.2. The van der Waals surface area contributed by atoms with E-state index in [0.29, 0.717) is 12.2 Å². The number of rotatable bonds is 14. The summed E-state index contributed by atoms with van der Waals surface area (Å²) in [6.45, 7) is 15.3. The lowest BCUT2D eigenvalue weighted by molar-refractivity contribution is -0.143. The summed E-state index contributed by atoms with van der Waals surface area (Å²) >= 11 is 1.55. The van der Waals surface area contributed by atoms with Gasteiger partial charge >= 0.3 is 6.03 Å². The molecule has 5 N–H and O–H groups in total. The van der Waals surface area contributed by atoms with Gasteiger partial charge in [-0.2, -0.15) is 0 Å². The normalized spacial score (nSPS) is 21.6. The number of pyridine rings is 1. The minimum atomic E-state index is -1.43. The summed E-state index contributed by atoms with van der Waals surface area (Å²) in [5.74, 6) is -0.539. The molecule has 0 aromatic carbocycles. The molecule has 0 bridgehead atoms. The van der Waals surface area contributed by atoms with Crippen LogP contribution in [-0.2, 0) is 19.1 Å². The summed E-state index contributed by atoms with van der Waals surface area (Å²) in [5.41, 5.74) is 0.663. The van der Waals surface area contributed by atoms with E-state index in [1.807, 2.05) is 91.1 Å². The van der Waals surface area contributed by atoms with E-state index in [9.17, 15) is 24.3 Å². The van der Waals surface area contributed by atoms with Gasteiger partial charge in [-0.25, -0.2) is 4.79 Å². The number of aliphatic hydroxyl groups excluding tert-OH is 1. The monoisotopic (exact) mass is 764 g/mol. The van der Waals surface area contributed by atoms with Crippen LogP contribution in [0.25, 0.3) is 5.76 Å². The second kappa shape index (κ2) is 17.2. The summed E-state index contributed by atoms with van der Waals surface area (Å²) in [7, 11) is 0. The van der Waals surface area contributed by atoms with Gasteiger partial charge < -0.3 is 36.0 Å². The maximum atomic E-state index is 14.7. The number of carbonyl (C=O) groups excluding carboxylic acids is 4. The third-order valence-electron chi connectivity index (χ3n) is 10.4. The molecule has 6 atom stereocenters. The van der Waals surface area contributed by atoms with Crippen molar-refractivity contribution in [1.82, 2.24) is 31.2 Å². The molecule has 0 spiro atoms. The van der Waals surface area contributed by atoms with Gasteiger partial charge in [0.15, 0.2) is 6.10 Å². The van der Waals surface area contributed by atoms with Crippen LogP contribution in [0.3, 0.4) is 0 Å². The molecule has 5 rings (SSSR count). The lowest BCUT2D eigenvalue weighted by Crippen LogP contribution is -2.61. The Hall–Kier alpha value is -3.97. The van der Waals surface area contributed by atoms with Gasteiger partial charge in [-0.1, -0.05) is 53.0 Å². The van der Waals surface area contributed by atoms with E-state index in [1.54, 1.807) is 17.5 Å². The zero-order valence-corrected chi connectivity index (χ0v) is 33.9. The standard InChI is InChI=1S/C41H60N6O6S/c1-24-17-19-54-34(24)32(20-25(2)29-14-9-10-18-42-29)53-28-22-31(47(23-28)38(51)35(40(3,4)5)45-39(52)46-41(6,7)8)36(49)44-30(21-26-12-11-13-26)33(48)37(50)43-27-15-16-27/h9-10,14,17-20,25-28,30-31,33,35,48H,11-13,15-16,21-23H2,1-8H3,(H,43,50)(H,44,49)(H2,45,46,52)/b32-20+/t25?,28-,30+,31?,33?,35-/m1/s1. The molecule has 5 amide bonds. The highest BCUT2D eigenvalue weighted by atomic mass is 32.1. The molecule has 0 radical (unpaired) electrons. The van der Waals surface area contributed by atoms with Crippen LogP contribution in [0.15, 0.2) is 41.9 Å². The SMILES string of the molecule is Cc1ccsc1/C(=C\C(C)c1ccccn1)O[C@@H]1CC(C(=O)N[C@@H](CC2CCC2)C(O)C(=O)NC2CC2)N(C(=O)[C@@H](NC(=O)NC(C)(C)C)C(C)(C)C)C1. The van der Waals surface area contributed by atoms with E-state index in [2.05, 4.69) is 26.3 Å². The summed E-state index contributed by atoms with van der Waals surface area (Å²) in [5, 5.41) is 24.9. The van der Waals surface area contributed by atoms with Crippen LogP contribution in [0.2, 0.25) is 0 Å². The van der Waals surface area contributed by atoms with Crippen LogP contribution in [0.1, 0.15) is 115 Å². The molecule has 2 saturated carbocycles. The predicted molar refractivity (Wildman–Crippen MR) is 210 cm³/mol. The first-order chi connectivity index (χ1) is 25.4. The number of hydrogen-bond acceptors (Lipinski definition) is 8. The van der Waals surface area contributed by atoms with Crippen molar-refractivity contribution in [2.24, 2.45) is 11.3 Å². The van der Waals surface area contributed by atoms with Crippen LogP contribution in [0.5, 0.6) is 0 Å². The Morgan fingerprint density at radius 1 is 1.06 bits per heavy atom. The van der Waals surface area contributed by atoms with E-state index < -0.39 is 65.0 Å². The van der Waals surface area contributed by atoms with Gasteiger partial charge in [-0.05, 0) is 93.5 Å². The molecule has 3 unspecified atom stereocenters. The van der Waals surface area contributed by atoms with E-state index >= 15 is 0 Å². The summed E-state index contributed by atoms with van der Waals surface area (Å²) < 4.78 is 6.79. The van der Waals surface area contributed by atoms with Crippen molar-refractivity contribution in [2.45, 2.75) is 148 Å². The molecule has 13 heteroatoms. The number of aliphatic hydroxyl groups is 1. The molecule has 1 saturated heterocycles. The lowest BCUT2D eigenvalue weighted by atomic mass is 9.79. The first-order valence-corrected chi connectivity index (χ1v) is 20.3. The molecular formula is C41H60N6O6S. The van der Waals surface area contributed by atoms with Crippen molar-refractivity contribution >= 4 is 40.8 Å². The molecule has 3 aliphatic rings. The molecular weight excluding hydrogens is 705 g/mol. The Morgan fingerprint density at radius 2 is 1.78 bits per heavy atom. The number of urea groups is 1. The van der Waals surface area contributed by atoms with Crippen LogP contribution in [0, 0.1) is 18.3 Å². The van der Waals surface area contributed by atoms with Crippen LogP contribution in [-0.4, -0.2) is 87.2 Å². The van der Waals surface area contributed by atoms with Gasteiger partial charge in [-0.15, -0.1) is 11.3 Å². The predicted octanol–water partition coefficient (Wildman–Crippen LogP) is 5.41. The van der Waals surface area contributed by atoms with Gasteiger partial charge in [-0.3, -0.25) is 19.4 Å². The number of nitrogens with one attached hydrogen (secondary N) is 4. The minimum absolute atomic E-state index is 0.0556. The third-order valence-corrected chi connectivity index (χ3v) is 11.4. The van der Waals surface area contributed by atoms with Gasteiger partial charge in [0.2, 0.25) is 11.8 Å². The van der Waals surface area contributed by atoms with Crippen molar-refractivity contribution in [3.8, 4) is 0 Å².